The Morgan fingerprint density at radius 3 is 2.48 bits per heavy atom. The first-order chi connectivity index (χ1) is 11.1. The molecule has 2 N–H and O–H groups in total. The third kappa shape index (κ3) is 5.53. The highest BCUT2D eigenvalue weighted by Crippen LogP contribution is 2.21. The highest BCUT2D eigenvalue weighted by molar-refractivity contribution is 7.80. The van der Waals surface area contributed by atoms with Crippen LogP contribution in [0.5, 0.6) is 5.88 Å². The van der Waals surface area contributed by atoms with Crippen LogP contribution in [0.15, 0.2) is 48.7 Å². The summed E-state index contributed by atoms with van der Waals surface area (Å²) in [5.74, 6) is 1.15. The molecule has 1 heterocycles. The lowest BCUT2D eigenvalue weighted by Gasteiger charge is -2.23. The van der Waals surface area contributed by atoms with E-state index in [9.17, 15) is 0 Å². The Bertz CT molecular complexity index is 614. The molecule has 0 saturated heterocycles. The molecule has 122 valence electrons. The zero-order valence-electron chi connectivity index (χ0n) is 13.7. The fraction of sp³-hybridized carbons (Fsp3) is 0.333. The second kappa shape index (κ2) is 8.48. The molecule has 1 atom stereocenters. The Balaban J connectivity index is 2.02. The van der Waals surface area contributed by atoms with E-state index in [0.29, 0.717) is 16.9 Å². The lowest BCUT2D eigenvalue weighted by atomic mass is 9.97. The van der Waals surface area contributed by atoms with Crippen LogP contribution in [0.25, 0.3) is 0 Å². The second-order valence-corrected chi connectivity index (χ2v) is 6.19. The molecule has 0 aliphatic heterocycles. The number of nitrogens with zero attached hydrogens (tertiary/aromatic N) is 1. The molecule has 23 heavy (non-hydrogen) atoms. The van der Waals surface area contributed by atoms with Crippen LogP contribution >= 0.6 is 12.2 Å². The number of ether oxygens (including phenoxy) is 1. The van der Waals surface area contributed by atoms with Gasteiger partial charge in [0.15, 0.2) is 5.11 Å². The summed E-state index contributed by atoms with van der Waals surface area (Å²) in [5, 5.41) is 7.16. The van der Waals surface area contributed by atoms with E-state index in [0.717, 1.165) is 12.1 Å². The summed E-state index contributed by atoms with van der Waals surface area (Å²) in [4.78, 5) is 4.16. The number of hydrogen-bond donors (Lipinski definition) is 2. The van der Waals surface area contributed by atoms with Crippen LogP contribution in [0.1, 0.15) is 31.9 Å². The maximum absolute atomic E-state index is 5.45. The smallest absolute Gasteiger partial charge is 0.213 e. The van der Waals surface area contributed by atoms with Gasteiger partial charge in [-0.25, -0.2) is 4.98 Å². The molecular formula is C18H23N3OS. The van der Waals surface area contributed by atoms with Crippen LogP contribution in [-0.4, -0.2) is 17.2 Å². The van der Waals surface area contributed by atoms with E-state index in [-0.39, 0.29) is 6.04 Å². The summed E-state index contributed by atoms with van der Waals surface area (Å²) >= 11 is 5.45. The molecule has 0 bridgehead atoms. The Morgan fingerprint density at radius 1 is 1.17 bits per heavy atom. The van der Waals surface area contributed by atoms with Crippen LogP contribution < -0.4 is 15.4 Å². The normalized spacial score (nSPS) is 11.8. The first kappa shape index (κ1) is 17.2. The van der Waals surface area contributed by atoms with Crippen LogP contribution in [0.2, 0.25) is 0 Å². The average molecular weight is 329 g/mol. The van der Waals surface area contributed by atoms with E-state index in [1.54, 1.807) is 19.4 Å². The van der Waals surface area contributed by atoms with E-state index >= 15 is 0 Å². The fourth-order valence-corrected chi connectivity index (χ4v) is 2.60. The number of pyridine rings is 1. The molecule has 1 unspecified atom stereocenters. The van der Waals surface area contributed by atoms with Gasteiger partial charge in [-0.05, 0) is 36.2 Å². The van der Waals surface area contributed by atoms with Crippen LogP contribution in [-0.2, 0) is 0 Å². The van der Waals surface area contributed by atoms with Gasteiger partial charge in [-0.15, -0.1) is 0 Å². The lowest BCUT2D eigenvalue weighted by Crippen LogP contribution is -2.33. The highest BCUT2D eigenvalue weighted by atomic mass is 32.1. The SMILES string of the molecule is COc1ccc(NC(=S)NC(CC(C)C)c2ccccc2)cn1. The molecule has 0 spiro atoms. The van der Waals surface area contributed by atoms with Crippen molar-refractivity contribution in [1.82, 2.24) is 10.3 Å². The molecule has 0 radical (unpaired) electrons. The standard InChI is InChI=1S/C18H23N3OS/c1-13(2)11-16(14-7-5-4-6-8-14)21-18(23)20-15-9-10-17(22-3)19-12-15/h4-10,12-13,16H,11H2,1-3H3,(H2,20,21,23). The summed E-state index contributed by atoms with van der Waals surface area (Å²) in [6.07, 6.45) is 2.71. The zero-order valence-corrected chi connectivity index (χ0v) is 14.6. The number of rotatable bonds is 6. The van der Waals surface area contributed by atoms with Gasteiger partial charge in [0.1, 0.15) is 0 Å². The van der Waals surface area contributed by atoms with Gasteiger partial charge in [0, 0.05) is 6.07 Å². The van der Waals surface area contributed by atoms with Crippen molar-refractivity contribution in [2.24, 2.45) is 5.92 Å². The number of nitrogens with one attached hydrogen (secondary N) is 2. The summed E-state index contributed by atoms with van der Waals surface area (Å²) < 4.78 is 5.05. The lowest BCUT2D eigenvalue weighted by molar-refractivity contribution is 0.398. The minimum Gasteiger partial charge on any atom is -0.481 e. The summed E-state index contributed by atoms with van der Waals surface area (Å²) in [6.45, 7) is 4.42. The number of methoxy groups -OCH3 is 1. The largest absolute Gasteiger partial charge is 0.481 e. The average Bonchev–Trinajstić information content (AvgIpc) is 2.55. The Labute approximate surface area is 143 Å². The molecule has 1 aromatic heterocycles. The number of benzene rings is 1. The fourth-order valence-electron chi connectivity index (χ4n) is 2.34. The third-order valence-electron chi connectivity index (χ3n) is 3.42. The van der Waals surface area contributed by atoms with Gasteiger partial charge in [0.2, 0.25) is 5.88 Å². The van der Waals surface area contributed by atoms with Gasteiger partial charge < -0.3 is 15.4 Å². The van der Waals surface area contributed by atoms with E-state index in [1.165, 1.54) is 5.56 Å². The number of thiocarbonyl (C=S) groups is 1. The van der Waals surface area contributed by atoms with Crippen molar-refractivity contribution in [1.29, 1.82) is 0 Å². The molecule has 4 nitrogen and oxygen atoms in total. The minimum atomic E-state index is 0.183. The van der Waals surface area contributed by atoms with E-state index in [4.69, 9.17) is 17.0 Å². The number of hydrogen-bond acceptors (Lipinski definition) is 3. The number of anilines is 1. The Kier molecular flexibility index (Phi) is 6.35. The van der Waals surface area contributed by atoms with E-state index in [1.807, 2.05) is 24.3 Å². The molecule has 0 fully saturated rings. The van der Waals surface area contributed by atoms with Crippen molar-refractivity contribution in [3.63, 3.8) is 0 Å². The van der Waals surface area contributed by atoms with Crippen molar-refractivity contribution in [3.05, 3.63) is 54.2 Å². The minimum absolute atomic E-state index is 0.183. The predicted molar refractivity (Wildman–Crippen MR) is 98.8 cm³/mol. The van der Waals surface area contributed by atoms with Crippen LogP contribution in [0, 0.1) is 5.92 Å². The summed E-state index contributed by atoms with van der Waals surface area (Å²) in [6, 6.07) is 14.2. The Hall–Kier alpha value is -2.14. The van der Waals surface area contributed by atoms with E-state index < -0.39 is 0 Å². The molecule has 0 saturated carbocycles. The predicted octanol–water partition coefficient (Wildman–Crippen LogP) is 4.16. The topological polar surface area (TPSA) is 46.2 Å². The highest BCUT2D eigenvalue weighted by Gasteiger charge is 2.14. The molecule has 0 amide bonds. The van der Waals surface area contributed by atoms with Gasteiger partial charge >= 0.3 is 0 Å². The van der Waals surface area contributed by atoms with E-state index in [2.05, 4.69) is 41.6 Å². The maximum atomic E-state index is 5.45. The zero-order chi connectivity index (χ0) is 16.7. The van der Waals surface area contributed by atoms with Gasteiger partial charge in [-0.2, -0.15) is 0 Å². The van der Waals surface area contributed by atoms with Crippen molar-refractivity contribution < 1.29 is 4.74 Å². The number of aromatic nitrogens is 1. The van der Waals surface area contributed by atoms with Gasteiger partial charge in [0.05, 0.1) is 25.0 Å². The molecule has 1 aromatic carbocycles. The first-order valence-corrected chi connectivity index (χ1v) is 8.12. The van der Waals surface area contributed by atoms with Crippen molar-refractivity contribution >= 4 is 23.0 Å². The molecule has 0 aliphatic carbocycles. The second-order valence-electron chi connectivity index (χ2n) is 5.78. The molecule has 2 rings (SSSR count). The molecule has 2 aromatic rings. The first-order valence-electron chi connectivity index (χ1n) is 7.71. The maximum Gasteiger partial charge on any atom is 0.213 e. The van der Waals surface area contributed by atoms with Gasteiger partial charge in [-0.1, -0.05) is 44.2 Å². The Morgan fingerprint density at radius 2 is 1.91 bits per heavy atom. The monoisotopic (exact) mass is 329 g/mol. The van der Waals surface area contributed by atoms with Crippen molar-refractivity contribution in [2.75, 3.05) is 12.4 Å². The quantitative estimate of drug-likeness (QED) is 0.779. The summed E-state index contributed by atoms with van der Waals surface area (Å²) in [7, 11) is 1.60. The van der Waals surface area contributed by atoms with Gasteiger partial charge in [-0.3, -0.25) is 0 Å². The molecule has 5 heteroatoms. The third-order valence-corrected chi connectivity index (χ3v) is 3.64. The van der Waals surface area contributed by atoms with Crippen LogP contribution in [0.4, 0.5) is 5.69 Å². The van der Waals surface area contributed by atoms with Crippen LogP contribution in [0.3, 0.4) is 0 Å². The summed E-state index contributed by atoms with van der Waals surface area (Å²) in [5.41, 5.74) is 2.07. The van der Waals surface area contributed by atoms with Gasteiger partial charge in [0.25, 0.3) is 0 Å². The van der Waals surface area contributed by atoms with Crippen molar-refractivity contribution in [2.45, 2.75) is 26.3 Å². The molecule has 0 aliphatic rings. The molecular weight excluding hydrogens is 306 g/mol. The van der Waals surface area contributed by atoms with Crippen molar-refractivity contribution in [3.8, 4) is 5.88 Å².